The molecular formula is C7H4S2. The van der Waals surface area contributed by atoms with Gasteiger partial charge in [-0.15, -0.1) is 22.7 Å². The molecule has 2 radical (unpaired) electrons. The van der Waals surface area contributed by atoms with Crippen LogP contribution >= 0.6 is 22.7 Å². The summed E-state index contributed by atoms with van der Waals surface area (Å²) in [4.78, 5) is 0. The van der Waals surface area contributed by atoms with Crippen molar-refractivity contribution in [2.24, 2.45) is 0 Å². The average Bonchev–Trinajstić information content (AvgIpc) is 2.35. The van der Waals surface area contributed by atoms with E-state index in [9.17, 15) is 0 Å². The minimum atomic E-state index is 1.26. The number of hydrogen-bond donors (Lipinski definition) is 0. The van der Waals surface area contributed by atoms with Crippen molar-refractivity contribution in [1.82, 2.24) is 0 Å². The van der Waals surface area contributed by atoms with E-state index in [4.69, 9.17) is 0 Å². The molecule has 9 heavy (non-hydrogen) atoms. The highest BCUT2D eigenvalue weighted by molar-refractivity contribution is 7.36. The van der Waals surface area contributed by atoms with E-state index in [0.717, 1.165) is 0 Å². The molecule has 0 aliphatic carbocycles. The van der Waals surface area contributed by atoms with Gasteiger partial charge in [-0.2, -0.15) is 0 Å². The molecule has 0 fully saturated rings. The first kappa shape index (κ1) is 5.45. The molecule has 0 atom stereocenters. The zero-order chi connectivity index (χ0) is 6.27. The van der Waals surface area contributed by atoms with Gasteiger partial charge in [0.15, 0.2) is 0 Å². The highest BCUT2D eigenvalue weighted by Gasteiger charge is 1.99. The second-order valence-corrected chi connectivity index (χ2v) is 3.82. The molecule has 0 spiro atoms. The molecule has 2 heterocycles. The summed E-state index contributed by atoms with van der Waals surface area (Å²) < 4.78 is 1.34. The number of aryl methyl sites for hydroxylation is 1. The lowest BCUT2D eigenvalue weighted by atomic mass is 10.3. The Morgan fingerprint density at radius 2 is 2.33 bits per heavy atom. The van der Waals surface area contributed by atoms with Crippen LogP contribution in [-0.2, 0) is 0 Å². The topological polar surface area (TPSA) is 0 Å². The predicted octanol–water partition coefficient (Wildman–Crippen LogP) is 2.87. The average molecular weight is 152 g/mol. The molecular weight excluding hydrogens is 148 g/mol. The highest BCUT2D eigenvalue weighted by Crippen LogP contribution is 2.28. The normalized spacial score (nSPS) is 10.8. The second kappa shape index (κ2) is 1.82. The third-order valence-corrected chi connectivity index (χ3v) is 3.23. The Morgan fingerprint density at radius 3 is 3.11 bits per heavy atom. The highest BCUT2D eigenvalue weighted by atomic mass is 32.2. The van der Waals surface area contributed by atoms with Crippen LogP contribution in [0.15, 0.2) is 6.07 Å². The fourth-order valence-corrected chi connectivity index (χ4v) is 2.49. The van der Waals surface area contributed by atoms with Crippen molar-refractivity contribution in [1.29, 1.82) is 0 Å². The predicted molar refractivity (Wildman–Crippen MR) is 42.1 cm³/mol. The first-order valence-electron chi connectivity index (χ1n) is 2.64. The van der Waals surface area contributed by atoms with Gasteiger partial charge in [0.25, 0.3) is 0 Å². The van der Waals surface area contributed by atoms with Crippen LogP contribution in [0.25, 0.3) is 9.40 Å². The molecule has 0 nitrogen and oxygen atoms in total. The van der Waals surface area contributed by atoms with Gasteiger partial charge in [-0.25, -0.2) is 0 Å². The molecule has 44 valence electrons. The maximum Gasteiger partial charge on any atom is 0.0881 e. The second-order valence-electron chi connectivity index (χ2n) is 1.89. The molecule has 2 aromatic heterocycles. The van der Waals surface area contributed by atoms with E-state index < -0.39 is 0 Å². The van der Waals surface area contributed by atoms with Crippen molar-refractivity contribution in [3.63, 3.8) is 0 Å². The van der Waals surface area contributed by atoms with Gasteiger partial charge < -0.3 is 0 Å². The lowest BCUT2D eigenvalue weighted by molar-refractivity contribution is 1.60. The minimum absolute atomic E-state index is 1.26. The van der Waals surface area contributed by atoms with Crippen molar-refractivity contribution in [3.05, 3.63) is 22.4 Å². The molecule has 0 amide bonds. The standard InChI is InChI=1S/C7H4S2/c1-5-4-9-7-6(5)2-3-8-7/h2H,1H3. The van der Waals surface area contributed by atoms with Gasteiger partial charge in [0.2, 0.25) is 0 Å². The van der Waals surface area contributed by atoms with Gasteiger partial charge in [-0.05, 0) is 18.6 Å². The van der Waals surface area contributed by atoms with E-state index in [2.05, 4.69) is 17.7 Å². The third kappa shape index (κ3) is 0.705. The Balaban J connectivity index is 2.99. The quantitative estimate of drug-likeness (QED) is 0.544. The summed E-state index contributed by atoms with van der Waals surface area (Å²) in [6.45, 7) is 2.08. The summed E-state index contributed by atoms with van der Waals surface area (Å²) in [5.74, 6) is 0. The number of hydrogen-bond acceptors (Lipinski definition) is 2. The summed E-state index contributed by atoms with van der Waals surface area (Å²) >= 11 is 3.35. The van der Waals surface area contributed by atoms with Crippen LogP contribution in [0.2, 0.25) is 0 Å². The molecule has 2 heteroatoms. The van der Waals surface area contributed by atoms with Gasteiger partial charge in [0.05, 0.1) is 4.01 Å². The zero-order valence-corrected chi connectivity index (χ0v) is 6.53. The Bertz CT molecular complexity index is 316. The summed E-state index contributed by atoms with van der Waals surface area (Å²) in [6.07, 6.45) is 0. The van der Waals surface area contributed by atoms with E-state index in [0.29, 0.717) is 0 Å². The minimum Gasteiger partial charge on any atom is -0.123 e. The van der Waals surface area contributed by atoms with Crippen molar-refractivity contribution in [2.75, 3.05) is 0 Å². The Labute approximate surface area is 61.8 Å². The van der Waals surface area contributed by atoms with E-state index in [1.54, 1.807) is 22.7 Å². The molecule has 0 bridgehead atoms. The van der Waals surface area contributed by atoms with Gasteiger partial charge >= 0.3 is 0 Å². The van der Waals surface area contributed by atoms with Crippen LogP contribution < -0.4 is 0 Å². The van der Waals surface area contributed by atoms with E-state index >= 15 is 0 Å². The van der Waals surface area contributed by atoms with Gasteiger partial charge in [-0.1, -0.05) is 0 Å². The molecule has 2 aromatic rings. The third-order valence-electron chi connectivity index (χ3n) is 1.28. The van der Waals surface area contributed by atoms with Crippen molar-refractivity contribution < 1.29 is 0 Å². The van der Waals surface area contributed by atoms with Crippen LogP contribution in [0.3, 0.4) is 0 Å². The van der Waals surface area contributed by atoms with Gasteiger partial charge in [-0.3, -0.25) is 0 Å². The lowest BCUT2D eigenvalue weighted by Crippen LogP contribution is -1.56. The van der Waals surface area contributed by atoms with Crippen LogP contribution in [0, 0.1) is 17.7 Å². The van der Waals surface area contributed by atoms with Crippen molar-refractivity contribution in [2.45, 2.75) is 6.92 Å². The fraction of sp³-hybridized carbons (Fsp3) is 0.143. The molecule has 0 aromatic carbocycles. The Kier molecular flexibility index (Phi) is 1.10. The maximum absolute atomic E-state index is 3.19. The summed E-state index contributed by atoms with van der Waals surface area (Å²) in [5, 5.41) is 7.60. The molecule has 2 rings (SSSR count). The summed E-state index contributed by atoms with van der Waals surface area (Å²) in [6, 6.07) is 2.03. The lowest BCUT2D eigenvalue weighted by Gasteiger charge is -1.75. The van der Waals surface area contributed by atoms with Crippen LogP contribution in [0.1, 0.15) is 5.56 Å². The SMILES string of the molecule is Cc1[c]sc2s[c]cc12. The maximum atomic E-state index is 3.19. The van der Waals surface area contributed by atoms with E-state index in [1.165, 1.54) is 15.0 Å². The van der Waals surface area contributed by atoms with E-state index in [1.807, 2.05) is 6.07 Å². The van der Waals surface area contributed by atoms with Crippen LogP contribution in [-0.4, -0.2) is 0 Å². The largest absolute Gasteiger partial charge is 0.123 e. The molecule has 0 saturated heterocycles. The molecule has 0 unspecified atom stereocenters. The summed E-state index contributed by atoms with van der Waals surface area (Å²) in [5.41, 5.74) is 1.26. The first-order chi connectivity index (χ1) is 4.38. The molecule has 0 aliphatic rings. The zero-order valence-electron chi connectivity index (χ0n) is 4.89. The summed E-state index contributed by atoms with van der Waals surface area (Å²) in [7, 11) is 0. The number of fused-ring (bicyclic) bond motifs is 1. The fourth-order valence-electron chi connectivity index (χ4n) is 0.771. The van der Waals surface area contributed by atoms with Gasteiger partial charge in [0.1, 0.15) is 0 Å². The van der Waals surface area contributed by atoms with Gasteiger partial charge in [0, 0.05) is 16.1 Å². The molecule has 0 saturated carbocycles. The van der Waals surface area contributed by atoms with E-state index in [-0.39, 0.29) is 0 Å². The van der Waals surface area contributed by atoms with Crippen molar-refractivity contribution in [3.8, 4) is 0 Å². The Morgan fingerprint density at radius 1 is 1.44 bits per heavy atom. The molecule has 0 N–H and O–H groups in total. The van der Waals surface area contributed by atoms with Crippen LogP contribution in [0.4, 0.5) is 0 Å². The molecule has 0 aliphatic heterocycles. The Hall–Kier alpha value is -0.340. The van der Waals surface area contributed by atoms with Crippen LogP contribution in [0.5, 0.6) is 0 Å². The number of rotatable bonds is 0. The number of thiophene rings is 2. The monoisotopic (exact) mass is 152 g/mol. The van der Waals surface area contributed by atoms with Crippen molar-refractivity contribution >= 4 is 32.1 Å². The smallest absolute Gasteiger partial charge is 0.0881 e. The first-order valence-corrected chi connectivity index (χ1v) is 4.28.